The lowest BCUT2D eigenvalue weighted by Gasteiger charge is -1.87. The predicted octanol–water partition coefficient (Wildman–Crippen LogP) is 2.51. The second-order valence-corrected chi connectivity index (χ2v) is 2.27. The molecule has 0 saturated carbocycles. The first-order chi connectivity index (χ1) is 4.50. The summed E-state index contributed by atoms with van der Waals surface area (Å²) in [5.41, 5.74) is 0. The maximum atomic E-state index is 3.13. The van der Waals surface area contributed by atoms with Crippen molar-refractivity contribution in [2.75, 3.05) is 0 Å². The average Bonchev–Trinajstić information content (AvgIpc) is 2.00. The van der Waals surface area contributed by atoms with E-state index in [0.717, 1.165) is 12.8 Å². The van der Waals surface area contributed by atoms with Gasteiger partial charge in [-0.05, 0) is 19.3 Å². The molecule has 48 valence electrons. The minimum Gasteiger partial charge on any atom is -0.103 e. The molecular formula is C9H12. The molecule has 0 spiro atoms. The summed E-state index contributed by atoms with van der Waals surface area (Å²) >= 11 is 0. The molecule has 0 amide bonds. The van der Waals surface area contributed by atoms with Crippen LogP contribution in [0.4, 0.5) is 0 Å². The summed E-state index contributed by atoms with van der Waals surface area (Å²) in [6, 6.07) is 0. The molecule has 0 nitrogen and oxygen atoms in total. The molecular weight excluding hydrogens is 108 g/mol. The lowest BCUT2D eigenvalue weighted by atomic mass is 10.2. The van der Waals surface area contributed by atoms with Crippen molar-refractivity contribution >= 4 is 0 Å². The third kappa shape index (κ3) is 2.98. The molecule has 1 aliphatic rings. The van der Waals surface area contributed by atoms with Crippen molar-refractivity contribution < 1.29 is 0 Å². The van der Waals surface area contributed by atoms with Crippen molar-refractivity contribution in [3.63, 3.8) is 0 Å². The fourth-order valence-corrected chi connectivity index (χ4v) is 0.896. The van der Waals surface area contributed by atoms with Gasteiger partial charge in [-0.25, -0.2) is 0 Å². The van der Waals surface area contributed by atoms with E-state index in [9.17, 15) is 0 Å². The van der Waals surface area contributed by atoms with Crippen LogP contribution in [0.15, 0.2) is 12.2 Å². The summed E-state index contributed by atoms with van der Waals surface area (Å²) in [5.74, 6) is 6.22. The highest BCUT2D eigenvalue weighted by molar-refractivity contribution is 5.05. The monoisotopic (exact) mass is 120 g/mol. The maximum absolute atomic E-state index is 3.13. The Morgan fingerprint density at radius 3 is 3.00 bits per heavy atom. The van der Waals surface area contributed by atoms with Crippen LogP contribution in [0.1, 0.15) is 32.1 Å². The van der Waals surface area contributed by atoms with Crippen LogP contribution < -0.4 is 0 Å². The van der Waals surface area contributed by atoms with E-state index in [-0.39, 0.29) is 0 Å². The molecule has 1 aliphatic carbocycles. The number of hydrogen-bond donors (Lipinski definition) is 0. The van der Waals surface area contributed by atoms with Crippen molar-refractivity contribution in [3.8, 4) is 11.8 Å². The van der Waals surface area contributed by atoms with Gasteiger partial charge in [0.2, 0.25) is 0 Å². The van der Waals surface area contributed by atoms with Crippen LogP contribution in [0.25, 0.3) is 0 Å². The van der Waals surface area contributed by atoms with Crippen LogP contribution in [0.2, 0.25) is 0 Å². The molecule has 0 atom stereocenters. The lowest BCUT2D eigenvalue weighted by Crippen LogP contribution is -1.70. The van der Waals surface area contributed by atoms with Crippen molar-refractivity contribution in [2.45, 2.75) is 32.1 Å². The first kappa shape index (κ1) is 6.42. The van der Waals surface area contributed by atoms with Gasteiger partial charge in [0.15, 0.2) is 0 Å². The lowest BCUT2D eigenvalue weighted by molar-refractivity contribution is 0.773. The Morgan fingerprint density at radius 2 is 2.00 bits per heavy atom. The molecule has 0 saturated heterocycles. The van der Waals surface area contributed by atoms with Crippen LogP contribution in [0.5, 0.6) is 0 Å². The smallest absolute Gasteiger partial charge is 0.0269 e. The van der Waals surface area contributed by atoms with Gasteiger partial charge in [-0.2, -0.15) is 0 Å². The quantitative estimate of drug-likeness (QED) is 0.340. The molecule has 0 aromatic carbocycles. The highest BCUT2D eigenvalue weighted by Crippen LogP contribution is 2.01. The molecule has 9 heavy (non-hydrogen) atoms. The molecule has 0 heteroatoms. The summed E-state index contributed by atoms with van der Waals surface area (Å²) in [7, 11) is 0. The Morgan fingerprint density at radius 1 is 1.00 bits per heavy atom. The van der Waals surface area contributed by atoms with Crippen LogP contribution in [-0.2, 0) is 0 Å². The Kier molecular flexibility index (Phi) is 3.00. The Bertz CT molecular complexity index is 143. The van der Waals surface area contributed by atoms with Crippen molar-refractivity contribution in [2.24, 2.45) is 0 Å². The Balaban J connectivity index is 2.34. The summed E-state index contributed by atoms with van der Waals surface area (Å²) in [6.07, 6.45) is 10.3. The zero-order valence-electron chi connectivity index (χ0n) is 5.69. The zero-order valence-corrected chi connectivity index (χ0v) is 5.69. The van der Waals surface area contributed by atoms with E-state index in [0.29, 0.717) is 0 Å². The number of rotatable bonds is 0. The topological polar surface area (TPSA) is 0 Å². The van der Waals surface area contributed by atoms with Gasteiger partial charge in [-0.1, -0.05) is 18.1 Å². The molecule has 0 bridgehead atoms. The molecule has 0 aromatic heterocycles. The van der Waals surface area contributed by atoms with Gasteiger partial charge in [-0.15, -0.1) is 5.92 Å². The van der Waals surface area contributed by atoms with Crippen LogP contribution >= 0.6 is 0 Å². The average molecular weight is 120 g/mol. The van der Waals surface area contributed by atoms with Gasteiger partial charge < -0.3 is 0 Å². The molecule has 1 rings (SSSR count). The summed E-state index contributed by atoms with van der Waals surface area (Å²) < 4.78 is 0. The first-order valence-electron chi connectivity index (χ1n) is 3.61. The molecule has 0 heterocycles. The van der Waals surface area contributed by atoms with E-state index in [1.165, 1.54) is 19.3 Å². The van der Waals surface area contributed by atoms with Crippen molar-refractivity contribution in [3.05, 3.63) is 12.2 Å². The highest BCUT2D eigenvalue weighted by atomic mass is 13.9. The first-order valence-corrected chi connectivity index (χ1v) is 3.61. The van der Waals surface area contributed by atoms with Crippen LogP contribution in [0.3, 0.4) is 0 Å². The summed E-state index contributed by atoms with van der Waals surface area (Å²) in [4.78, 5) is 0. The Hall–Kier alpha value is -0.700. The van der Waals surface area contributed by atoms with Crippen LogP contribution in [0, 0.1) is 11.8 Å². The largest absolute Gasteiger partial charge is 0.103 e. The van der Waals surface area contributed by atoms with Gasteiger partial charge in [0.25, 0.3) is 0 Å². The minimum absolute atomic E-state index is 0.958. The fraction of sp³-hybridized carbons (Fsp3) is 0.556. The second kappa shape index (κ2) is 4.21. The Labute approximate surface area is 57.0 Å². The number of allylic oxidation sites excluding steroid dienone is 2. The van der Waals surface area contributed by atoms with E-state index in [4.69, 9.17) is 0 Å². The van der Waals surface area contributed by atoms with E-state index >= 15 is 0 Å². The SMILES string of the molecule is C1#CCCCCC=CC1. The number of hydrogen-bond acceptors (Lipinski definition) is 0. The molecule has 0 aliphatic heterocycles. The predicted molar refractivity (Wildman–Crippen MR) is 40.0 cm³/mol. The van der Waals surface area contributed by atoms with E-state index in [2.05, 4.69) is 24.0 Å². The molecule has 0 aromatic rings. The van der Waals surface area contributed by atoms with Gasteiger partial charge in [0.05, 0.1) is 0 Å². The zero-order chi connectivity index (χ0) is 6.36. The van der Waals surface area contributed by atoms with Crippen molar-refractivity contribution in [1.82, 2.24) is 0 Å². The third-order valence-corrected chi connectivity index (χ3v) is 1.43. The normalized spacial score (nSPS) is 18.7. The molecule has 0 radical (unpaired) electrons. The third-order valence-electron chi connectivity index (χ3n) is 1.43. The second-order valence-electron chi connectivity index (χ2n) is 2.27. The fourth-order valence-electron chi connectivity index (χ4n) is 0.896. The maximum Gasteiger partial charge on any atom is 0.0269 e. The molecule has 0 fully saturated rings. The van der Waals surface area contributed by atoms with E-state index in [1.807, 2.05) is 0 Å². The molecule has 0 unspecified atom stereocenters. The van der Waals surface area contributed by atoms with Gasteiger partial charge in [-0.3, -0.25) is 0 Å². The van der Waals surface area contributed by atoms with Gasteiger partial charge >= 0.3 is 0 Å². The molecule has 0 N–H and O–H groups in total. The summed E-state index contributed by atoms with van der Waals surface area (Å²) in [5, 5.41) is 0. The summed E-state index contributed by atoms with van der Waals surface area (Å²) in [6.45, 7) is 0. The van der Waals surface area contributed by atoms with E-state index < -0.39 is 0 Å². The van der Waals surface area contributed by atoms with Gasteiger partial charge in [0, 0.05) is 12.8 Å². The van der Waals surface area contributed by atoms with Gasteiger partial charge in [0.1, 0.15) is 0 Å². The minimum atomic E-state index is 0.958. The van der Waals surface area contributed by atoms with E-state index in [1.54, 1.807) is 0 Å². The van der Waals surface area contributed by atoms with Crippen LogP contribution in [-0.4, -0.2) is 0 Å². The standard InChI is InChI=1S/C9H12/c1-2-4-6-8-9-7-5-3-1/h1-2H,3-5,7,9H2. The van der Waals surface area contributed by atoms with Crippen molar-refractivity contribution in [1.29, 1.82) is 0 Å². The highest BCUT2D eigenvalue weighted by Gasteiger charge is 1.84.